The summed E-state index contributed by atoms with van der Waals surface area (Å²) in [5.74, 6) is 0.880. The monoisotopic (exact) mass is 316 g/mol. The van der Waals surface area contributed by atoms with E-state index >= 15 is 0 Å². The highest BCUT2D eigenvalue weighted by Gasteiger charge is 2.31. The lowest BCUT2D eigenvalue weighted by Gasteiger charge is -2.37. The van der Waals surface area contributed by atoms with Crippen LogP contribution in [-0.2, 0) is 4.74 Å². The standard InChI is InChI=1S/C19H28N2O2/c1-14-7-9-17(10-8-14)21(13-18-6-3-11-23-18)19(22)15-4-2-5-16(20)12-15/h2,4-5,12,14,17-18H,3,6-11,13,20H2,1H3. The summed E-state index contributed by atoms with van der Waals surface area (Å²) in [4.78, 5) is 15.1. The molecule has 0 bridgehead atoms. The van der Waals surface area contributed by atoms with Gasteiger partial charge in [0.05, 0.1) is 6.10 Å². The van der Waals surface area contributed by atoms with E-state index in [9.17, 15) is 4.79 Å². The second-order valence-electron chi connectivity index (χ2n) is 7.13. The number of carbonyl (C=O) groups is 1. The molecule has 1 saturated carbocycles. The van der Waals surface area contributed by atoms with Crippen LogP contribution in [-0.4, -0.2) is 36.1 Å². The molecule has 1 aliphatic carbocycles. The van der Waals surface area contributed by atoms with Crippen molar-refractivity contribution < 1.29 is 9.53 Å². The Hall–Kier alpha value is -1.55. The summed E-state index contributed by atoms with van der Waals surface area (Å²) >= 11 is 0. The van der Waals surface area contributed by atoms with Crippen LogP contribution in [0.2, 0.25) is 0 Å². The molecule has 1 saturated heterocycles. The van der Waals surface area contributed by atoms with E-state index in [-0.39, 0.29) is 12.0 Å². The van der Waals surface area contributed by atoms with Crippen LogP contribution < -0.4 is 5.73 Å². The van der Waals surface area contributed by atoms with Gasteiger partial charge in [0.1, 0.15) is 0 Å². The van der Waals surface area contributed by atoms with Crippen LogP contribution in [0.3, 0.4) is 0 Å². The molecular weight excluding hydrogens is 288 g/mol. The highest BCUT2D eigenvalue weighted by atomic mass is 16.5. The summed E-state index contributed by atoms with van der Waals surface area (Å²) in [6.45, 7) is 3.85. The topological polar surface area (TPSA) is 55.6 Å². The summed E-state index contributed by atoms with van der Waals surface area (Å²) in [6.07, 6.45) is 6.97. The molecule has 1 amide bonds. The van der Waals surface area contributed by atoms with Crippen molar-refractivity contribution in [3.63, 3.8) is 0 Å². The third kappa shape index (κ3) is 4.05. The largest absolute Gasteiger partial charge is 0.399 e. The number of nitrogens with zero attached hydrogens (tertiary/aromatic N) is 1. The maximum absolute atomic E-state index is 13.1. The van der Waals surface area contributed by atoms with Crippen LogP contribution in [0, 0.1) is 5.92 Å². The molecule has 1 heterocycles. The lowest BCUT2D eigenvalue weighted by Crippen LogP contribution is -2.46. The van der Waals surface area contributed by atoms with E-state index in [4.69, 9.17) is 10.5 Å². The molecule has 1 aliphatic heterocycles. The van der Waals surface area contributed by atoms with Gasteiger partial charge in [0.15, 0.2) is 0 Å². The third-order valence-corrected chi connectivity index (χ3v) is 5.24. The van der Waals surface area contributed by atoms with Gasteiger partial charge in [-0.15, -0.1) is 0 Å². The highest BCUT2D eigenvalue weighted by molar-refractivity contribution is 5.95. The minimum atomic E-state index is 0.104. The van der Waals surface area contributed by atoms with Crippen LogP contribution in [0.4, 0.5) is 5.69 Å². The molecule has 0 aromatic heterocycles. The zero-order valence-corrected chi connectivity index (χ0v) is 14.0. The fourth-order valence-corrected chi connectivity index (χ4v) is 3.80. The minimum absolute atomic E-state index is 0.104. The molecule has 1 unspecified atom stereocenters. The van der Waals surface area contributed by atoms with Crippen LogP contribution in [0.25, 0.3) is 0 Å². The van der Waals surface area contributed by atoms with Gasteiger partial charge in [-0.2, -0.15) is 0 Å². The van der Waals surface area contributed by atoms with Crippen LogP contribution in [0.1, 0.15) is 55.8 Å². The molecule has 0 radical (unpaired) electrons. The van der Waals surface area contributed by atoms with Crippen LogP contribution >= 0.6 is 0 Å². The molecule has 1 aromatic rings. The number of hydrogen-bond donors (Lipinski definition) is 1. The van der Waals surface area contributed by atoms with Crippen LogP contribution in [0.5, 0.6) is 0 Å². The minimum Gasteiger partial charge on any atom is -0.399 e. The smallest absolute Gasteiger partial charge is 0.254 e. The zero-order chi connectivity index (χ0) is 16.2. The van der Waals surface area contributed by atoms with E-state index in [0.717, 1.165) is 38.2 Å². The molecule has 2 fully saturated rings. The summed E-state index contributed by atoms with van der Waals surface area (Å²) in [6, 6.07) is 7.67. The van der Waals surface area contributed by atoms with Crippen molar-refractivity contribution >= 4 is 11.6 Å². The quantitative estimate of drug-likeness (QED) is 0.865. The van der Waals surface area contributed by atoms with Gasteiger partial charge in [-0.3, -0.25) is 4.79 Å². The Morgan fingerprint density at radius 1 is 1.26 bits per heavy atom. The average Bonchev–Trinajstić information content (AvgIpc) is 3.06. The number of anilines is 1. The Morgan fingerprint density at radius 3 is 2.70 bits per heavy atom. The molecule has 1 atom stereocenters. The van der Waals surface area contributed by atoms with E-state index in [2.05, 4.69) is 11.8 Å². The second kappa shape index (κ2) is 7.35. The van der Waals surface area contributed by atoms with Gasteiger partial charge in [-0.1, -0.05) is 13.0 Å². The van der Waals surface area contributed by atoms with E-state index in [0.29, 0.717) is 23.8 Å². The maximum atomic E-state index is 13.1. The maximum Gasteiger partial charge on any atom is 0.254 e. The van der Waals surface area contributed by atoms with Crippen molar-refractivity contribution in [2.75, 3.05) is 18.9 Å². The second-order valence-corrected chi connectivity index (χ2v) is 7.13. The van der Waals surface area contributed by atoms with Gasteiger partial charge in [0.25, 0.3) is 5.91 Å². The molecule has 23 heavy (non-hydrogen) atoms. The van der Waals surface area contributed by atoms with Crippen molar-refractivity contribution in [3.8, 4) is 0 Å². The molecule has 4 nitrogen and oxygen atoms in total. The van der Waals surface area contributed by atoms with E-state index in [1.807, 2.05) is 18.2 Å². The van der Waals surface area contributed by atoms with Gasteiger partial charge in [-0.05, 0) is 62.6 Å². The number of nitrogens with two attached hydrogens (primary N) is 1. The molecule has 2 N–H and O–H groups in total. The third-order valence-electron chi connectivity index (χ3n) is 5.24. The first-order valence-corrected chi connectivity index (χ1v) is 8.91. The summed E-state index contributed by atoms with van der Waals surface area (Å²) < 4.78 is 5.79. The Bertz CT molecular complexity index is 532. The number of amides is 1. The van der Waals surface area contributed by atoms with Crippen LogP contribution in [0.15, 0.2) is 24.3 Å². The normalized spacial score (nSPS) is 27.8. The molecule has 4 heteroatoms. The molecule has 3 rings (SSSR count). The lowest BCUT2D eigenvalue weighted by atomic mass is 9.86. The summed E-state index contributed by atoms with van der Waals surface area (Å²) in [7, 11) is 0. The fourth-order valence-electron chi connectivity index (χ4n) is 3.80. The lowest BCUT2D eigenvalue weighted by molar-refractivity contribution is 0.0341. The Morgan fingerprint density at radius 2 is 2.04 bits per heavy atom. The number of carbonyl (C=O) groups excluding carboxylic acids is 1. The Kier molecular flexibility index (Phi) is 5.21. The Labute approximate surface area is 139 Å². The van der Waals surface area contributed by atoms with E-state index in [1.165, 1.54) is 12.8 Å². The molecule has 2 aliphatic rings. The number of nitrogen functional groups attached to an aromatic ring is 1. The van der Waals surface area contributed by atoms with E-state index in [1.54, 1.807) is 6.07 Å². The number of rotatable bonds is 4. The van der Waals surface area contributed by atoms with Gasteiger partial charge >= 0.3 is 0 Å². The van der Waals surface area contributed by atoms with Crippen molar-refractivity contribution in [2.45, 2.75) is 57.6 Å². The highest BCUT2D eigenvalue weighted by Crippen LogP contribution is 2.29. The van der Waals surface area contributed by atoms with Gasteiger partial charge < -0.3 is 15.4 Å². The first-order valence-electron chi connectivity index (χ1n) is 8.91. The summed E-state index contributed by atoms with van der Waals surface area (Å²) in [5.41, 5.74) is 7.20. The van der Waals surface area contributed by atoms with Gasteiger partial charge in [-0.25, -0.2) is 0 Å². The first-order chi connectivity index (χ1) is 11.1. The molecule has 0 spiro atoms. The van der Waals surface area contributed by atoms with Gasteiger partial charge in [0.2, 0.25) is 0 Å². The average molecular weight is 316 g/mol. The van der Waals surface area contributed by atoms with Crippen molar-refractivity contribution in [3.05, 3.63) is 29.8 Å². The fraction of sp³-hybridized carbons (Fsp3) is 0.632. The molecule has 1 aromatic carbocycles. The van der Waals surface area contributed by atoms with E-state index < -0.39 is 0 Å². The molecular formula is C19H28N2O2. The van der Waals surface area contributed by atoms with Gasteiger partial charge in [0, 0.05) is 30.4 Å². The first kappa shape index (κ1) is 16.3. The molecule has 126 valence electrons. The van der Waals surface area contributed by atoms with Crippen molar-refractivity contribution in [2.24, 2.45) is 5.92 Å². The number of benzene rings is 1. The van der Waals surface area contributed by atoms with Crippen molar-refractivity contribution in [1.29, 1.82) is 0 Å². The summed E-state index contributed by atoms with van der Waals surface area (Å²) in [5, 5.41) is 0. The predicted octanol–water partition coefficient (Wildman–Crippen LogP) is 3.47. The number of hydrogen-bond acceptors (Lipinski definition) is 3. The SMILES string of the molecule is CC1CCC(N(CC2CCCO2)C(=O)c2cccc(N)c2)CC1. The number of ether oxygens (including phenoxy) is 1. The van der Waals surface area contributed by atoms with Crippen molar-refractivity contribution in [1.82, 2.24) is 4.90 Å². The zero-order valence-electron chi connectivity index (χ0n) is 14.0. The Balaban J connectivity index is 1.77. The predicted molar refractivity (Wildman–Crippen MR) is 92.3 cm³/mol.